The van der Waals surface area contributed by atoms with Crippen LogP contribution in [0.3, 0.4) is 0 Å². The normalized spacial score (nSPS) is 21.3. The van der Waals surface area contributed by atoms with Gasteiger partial charge in [-0.2, -0.15) is 0 Å². The zero-order chi connectivity index (χ0) is 9.68. The van der Waals surface area contributed by atoms with Crippen LogP contribution in [0.5, 0.6) is 0 Å². The van der Waals surface area contributed by atoms with Crippen LogP contribution >= 0.6 is 0 Å². The summed E-state index contributed by atoms with van der Waals surface area (Å²) in [5, 5.41) is 8.87. The Balaban J connectivity index is 2.31. The molecule has 3 heteroatoms. The Morgan fingerprint density at radius 1 is 1.54 bits per heavy atom. The maximum Gasteiger partial charge on any atom is 0.306 e. The van der Waals surface area contributed by atoms with Crippen molar-refractivity contribution in [3.8, 4) is 0 Å². The van der Waals surface area contributed by atoms with Gasteiger partial charge in [-0.1, -0.05) is 6.92 Å². The van der Waals surface area contributed by atoms with Gasteiger partial charge in [-0.3, -0.25) is 4.79 Å². The van der Waals surface area contributed by atoms with Gasteiger partial charge in [0.15, 0.2) is 0 Å². The van der Waals surface area contributed by atoms with Crippen LogP contribution < -0.4 is 0 Å². The van der Waals surface area contributed by atoms with Crippen LogP contribution in [0.4, 0.5) is 0 Å². The molecule has 0 radical (unpaired) electrons. The standard InChI is InChI=1S/C10H18O3/c1-2-9(10(11)12)7-8-3-5-13-6-4-8/h8-9H,2-7H2,1H3,(H,11,12). The minimum Gasteiger partial charge on any atom is -0.481 e. The van der Waals surface area contributed by atoms with E-state index in [1.807, 2.05) is 6.92 Å². The molecule has 1 rings (SSSR count). The lowest BCUT2D eigenvalue weighted by Crippen LogP contribution is -2.22. The minimum absolute atomic E-state index is 0.150. The van der Waals surface area contributed by atoms with Crippen molar-refractivity contribution in [2.24, 2.45) is 11.8 Å². The van der Waals surface area contributed by atoms with Crippen LogP contribution in [-0.2, 0) is 9.53 Å². The van der Waals surface area contributed by atoms with Gasteiger partial charge in [0.2, 0.25) is 0 Å². The lowest BCUT2D eigenvalue weighted by atomic mass is 9.88. The average molecular weight is 186 g/mol. The van der Waals surface area contributed by atoms with Crippen molar-refractivity contribution in [2.45, 2.75) is 32.6 Å². The fraction of sp³-hybridized carbons (Fsp3) is 0.900. The zero-order valence-electron chi connectivity index (χ0n) is 8.16. The largest absolute Gasteiger partial charge is 0.481 e. The van der Waals surface area contributed by atoms with Crippen molar-refractivity contribution >= 4 is 5.97 Å². The van der Waals surface area contributed by atoms with Gasteiger partial charge in [-0.25, -0.2) is 0 Å². The summed E-state index contributed by atoms with van der Waals surface area (Å²) in [5.74, 6) is -0.230. The second-order valence-corrected chi connectivity index (χ2v) is 3.73. The molecule has 1 unspecified atom stereocenters. The van der Waals surface area contributed by atoms with E-state index in [0.29, 0.717) is 5.92 Å². The number of hydrogen-bond acceptors (Lipinski definition) is 2. The highest BCUT2D eigenvalue weighted by atomic mass is 16.5. The number of carboxylic acid groups (broad SMARTS) is 1. The van der Waals surface area contributed by atoms with Crippen molar-refractivity contribution in [3.05, 3.63) is 0 Å². The molecular formula is C10H18O3. The van der Waals surface area contributed by atoms with E-state index in [0.717, 1.165) is 38.9 Å². The molecule has 1 aliphatic rings. The first-order valence-corrected chi connectivity index (χ1v) is 5.04. The summed E-state index contributed by atoms with van der Waals surface area (Å²) >= 11 is 0. The molecule has 0 aromatic heterocycles. The van der Waals surface area contributed by atoms with Crippen molar-refractivity contribution in [1.29, 1.82) is 0 Å². The molecule has 0 amide bonds. The van der Waals surface area contributed by atoms with E-state index in [4.69, 9.17) is 9.84 Å². The fourth-order valence-electron chi connectivity index (χ4n) is 1.83. The van der Waals surface area contributed by atoms with Crippen molar-refractivity contribution in [2.75, 3.05) is 13.2 Å². The molecule has 0 aliphatic carbocycles. The summed E-state index contributed by atoms with van der Waals surface area (Å²) in [6.07, 6.45) is 3.63. The Kier molecular flexibility index (Phi) is 4.22. The van der Waals surface area contributed by atoms with Gasteiger partial charge in [0.25, 0.3) is 0 Å². The molecule has 0 aromatic rings. The quantitative estimate of drug-likeness (QED) is 0.729. The predicted octanol–water partition coefficient (Wildman–Crippen LogP) is 1.91. The van der Waals surface area contributed by atoms with Gasteiger partial charge in [-0.05, 0) is 31.6 Å². The summed E-state index contributed by atoms with van der Waals surface area (Å²) in [4.78, 5) is 10.8. The van der Waals surface area contributed by atoms with E-state index in [9.17, 15) is 4.79 Å². The van der Waals surface area contributed by atoms with Crippen molar-refractivity contribution in [1.82, 2.24) is 0 Å². The third-order valence-corrected chi connectivity index (χ3v) is 2.80. The van der Waals surface area contributed by atoms with Crippen LogP contribution in [0.1, 0.15) is 32.6 Å². The van der Waals surface area contributed by atoms with Crippen molar-refractivity contribution < 1.29 is 14.6 Å². The van der Waals surface area contributed by atoms with Gasteiger partial charge in [-0.15, -0.1) is 0 Å². The van der Waals surface area contributed by atoms with E-state index in [1.54, 1.807) is 0 Å². The molecule has 1 atom stereocenters. The molecule has 1 saturated heterocycles. The summed E-state index contributed by atoms with van der Waals surface area (Å²) in [7, 11) is 0. The molecule has 0 spiro atoms. The molecule has 1 fully saturated rings. The lowest BCUT2D eigenvalue weighted by Gasteiger charge is -2.24. The topological polar surface area (TPSA) is 46.5 Å². The number of carboxylic acids is 1. The molecule has 1 N–H and O–H groups in total. The number of aliphatic carboxylic acids is 1. The monoisotopic (exact) mass is 186 g/mol. The smallest absolute Gasteiger partial charge is 0.306 e. The SMILES string of the molecule is CCC(CC1CCOCC1)C(=O)O. The number of hydrogen-bond donors (Lipinski definition) is 1. The molecule has 0 aromatic carbocycles. The predicted molar refractivity (Wildman–Crippen MR) is 49.6 cm³/mol. The lowest BCUT2D eigenvalue weighted by molar-refractivity contribution is -0.142. The second-order valence-electron chi connectivity index (χ2n) is 3.73. The third kappa shape index (κ3) is 3.35. The Morgan fingerprint density at radius 3 is 2.62 bits per heavy atom. The average Bonchev–Trinajstić information content (AvgIpc) is 2.15. The maximum absolute atomic E-state index is 10.8. The number of carbonyl (C=O) groups is 1. The Labute approximate surface area is 79.1 Å². The minimum atomic E-state index is -0.644. The van der Waals surface area contributed by atoms with Gasteiger partial charge >= 0.3 is 5.97 Å². The maximum atomic E-state index is 10.8. The first kappa shape index (κ1) is 10.5. The molecule has 1 aliphatic heterocycles. The first-order chi connectivity index (χ1) is 6.24. The summed E-state index contributed by atoms with van der Waals surface area (Å²) < 4.78 is 5.23. The first-order valence-electron chi connectivity index (χ1n) is 5.04. The fourth-order valence-corrected chi connectivity index (χ4v) is 1.83. The van der Waals surface area contributed by atoms with E-state index in [1.165, 1.54) is 0 Å². The second kappa shape index (κ2) is 5.22. The van der Waals surface area contributed by atoms with E-state index in [2.05, 4.69) is 0 Å². The molecule has 76 valence electrons. The van der Waals surface area contributed by atoms with Crippen molar-refractivity contribution in [3.63, 3.8) is 0 Å². The third-order valence-electron chi connectivity index (χ3n) is 2.80. The molecule has 3 nitrogen and oxygen atoms in total. The number of rotatable bonds is 4. The van der Waals surface area contributed by atoms with Crippen LogP contribution in [0.25, 0.3) is 0 Å². The summed E-state index contributed by atoms with van der Waals surface area (Å²) in [6, 6.07) is 0. The summed E-state index contributed by atoms with van der Waals surface area (Å²) in [5.41, 5.74) is 0. The Bertz CT molecular complexity index is 162. The molecule has 0 saturated carbocycles. The van der Waals surface area contributed by atoms with Crippen LogP contribution in [0.2, 0.25) is 0 Å². The molecule has 0 bridgehead atoms. The van der Waals surface area contributed by atoms with Crippen LogP contribution in [0.15, 0.2) is 0 Å². The molecule has 1 heterocycles. The van der Waals surface area contributed by atoms with Gasteiger partial charge in [0, 0.05) is 13.2 Å². The highest BCUT2D eigenvalue weighted by molar-refractivity contribution is 5.69. The summed E-state index contributed by atoms with van der Waals surface area (Å²) in [6.45, 7) is 3.56. The van der Waals surface area contributed by atoms with Crippen LogP contribution in [0, 0.1) is 11.8 Å². The Hall–Kier alpha value is -0.570. The van der Waals surface area contributed by atoms with Gasteiger partial charge in [0.05, 0.1) is 5.92 Å². The highest BCUT2D eigenvalue weighted by Gasteiger charge is 2.22. The van der Waals surface area contributed by atoms with Gasteiger partial charge < -0.3 is 9.84 Å². The van der Waals surface area contributed by atoms with E-state index in [-0.39, 0.29) is 5.92 Å². The Morgan fingerprint density at radius 2 is 2.15 bits per heavy atom. The van der Waals surface area contributed by atoms with Crippen LogP contribution in [-0.4, -0.2) is 24.3 Å². The van der Waals surface area contributed by atoms with E-state index >= 15 is 0 Å². The highest BCUT2D eigenvalue weighted by Crippen LogP contribution is 2.24. The van der Waals surface area contributed by atoms with E-state index < -0.39 is 5.97 Å². The number of ether oxygens (including phenoxy) is 1. The molecular weight excluding hydrogens is 168 g/mol. The molecule has 13 heavy (non-hydrogen) atoms. The van der Waals surface area contributed by atoms with Gasteiger partial charge in [0.1, 0.15) is 0 Å². The zero-order valence-corrected chi connectivity index (χ0v) is 8.16.